The van der Waals surface area contributed by atoms with Crippen LogP contribution >= 0.6 is 0 Å². The fourth-order valence-electron chi connectivity index (χ4n) is 2.10. The van der Waals surface area contributed by atoms with E-state index < -0.39 is 0 Å². The van der Waals surface area contributed by atoms with E-state index in [0.29, 0.717) is 0 Å². The zero-order valence-electron chi connectivity index (χ0n) is 8.66. The van der Waals surface area contributed by atoms with Gasteiger partial charge in [-0.1, -0.05) is 19.3 Å². The van der Waals surface area contributed by atoms with Gasteiger partial charge in [0, 0.05) is 11.9 Å². The summed E-state index contributed by atoms with van der Waals surface area (Å²) in [5.74, 6) is 0.831. The van der Waals surface area contributed by atoms with E-state index in [1.165, 1.54) is 19.3 Å². The molecular weight excluding hydrogens is 174 g/mol. The van der Waals surface area contributed by atoms with Crippen LogP contribution in [0.5, 0.6) is 0 Å². The monoisotopic (exact) mass is 191 g/mol. The molecule has 1 fully saturated rings. The Morgan fingerprint density at radius 2 is 2.00 bits per heavy atom. The van der Waals surface area contributed by atoms with Gasteiger partial charge in [0.05, 0.1) is 5.54 Å². The summed E-state index contributed by atoms with van der Waals surface area (Å²) in [5, 5.41) is 0. The number of hydrogen-bond acceptors (Lipinski definition) is 3. The molecule has 0 aromatic carbocycles. The summed E-state index contributed by atoms with van der Waals surface area (Å²) in [5.41, 5.74) is 7.07. The molecule has 0 bridgehead atoms. The maximum absolute atomic E-state index is 6.32. The van der Waals surface area contributed by atoms with Crippen molar-refractivity contribution in [1.29, 1.82) is 0 Å². The Balaban J connectivity index is 2.28. The second-order valence-corrected chi connectivity index (χ2v) is 4.24. The van der Waals surface area contributed by atoms with Gasteiger partial charge in [-0.3, -0.25) is 0 Å². The molecule has 0 unspecified atom stereocenters. The third kappa shape index (κ3) is 1.77. The fourth-order valence-corrected chi connectivity index (χ4v) is 2.10. The lowest BCUT2D eigenvalue weighted by molar-refractivity contribution is 0.286. The molecule has 14 heavy (non-hydrogen) atoms. The highest BCUT2D eigenvalue weighted by Crippen LogP contribution is 2.32. The lowest BCUT2D eigenvalue weighted by atomic mass is 9.82. The minimum Gasteiger partial charge on any atom is -0.319 e. The summed E-state index contributed by atoms with van der Waals surface area (Å²) < 4.78 is 0. The largest absolute Gasteiger partial charge is 0.319 e. The Morgan fingerprint density at radius 3 is 2.64 bits per heavy atom. The maximum atomic E-state index is 6.32. The quantitative estimate of drug-likeness (QED) is 0.737. The van der Waals surface area contributed by atoms with Crippen LogP contribution in [0.25, 0.3) is 0 Å². The van der Waals surface area contributed by atoms with E-state index in [1.54, 1.807) is 6.20 Å². The van der Waals surface area contributed by atoms with Crippen LogP contribution < -0.4 is 5.73 Å². The summed E-state index contributed by atoms with van der Waals surface area (Å²) in [6, 6.07) is 1.91. The number of nitrogens with zero attached hydrogens (tertiary/aromatic N) is 2. The molecule has 3 nitrogen and oxygen atoms in total. The molecule has 0 aliphatic heterocycles. The molecule has 1 aliphatic carbocycles. The van der Waals surface area contributed by atoms with Gasteiger partial charge < -0.3 is 5.73 Å². The normalized spacial score (nSPS) is 20.7. The molecule has 3 heteroatoms. The molecule has 0 radical (unpaired) electrons. The van der Waals surface area contributed by atoms with Crippen molar-refractivity contribution in [2.45, 2.75) is 44.6 Å². The molecule has 1 heterocycles. The molecule has 1 aromatic rings. The van der Waals surface area contributed by atoms with E-state index in [1.807, 2.05) is 13.0 Å². The molecule has 0 saturated heterocycles. The van der Waals surface area contributed by atoms with Crippen LogP contribution in [0.3, 0.4) is 0 Å². The van der Waals surface area contributed by atoms with Crippen molar-refractivity contribution in [3.63, 3.8) is 0 Å². The van der Waals surface area contributed by atoms with Crippen molar-refractivity contribution >= 4 is 0 Å². The van der Waals surface area contributed by atoms with E-state index >= 15 is 0 Å². The molecule has 1 aromatic heterocycles. The Morgan fingerprint density at radius 1 is 1.29 bits per heavy atom. The first-order valence-corrected chi connectivity index (χ1v) is 5.30. The van der Waals surface area contributed by atoms with Gasteiger partial charge in [-0.05, 0) is 25.8 Å². The minimum atomic E-state index is -0.260. The van der Waals surface area contributed by atoms with E-state index in [2.05, 4.69) is 9.97 Å². The van der Waals surface area contributed by atoms with Crippen LogP contribution in [0.1, 0.15) is 43.6 Å². The molecule has 0 amide bonds. The molecule has 1 aliphatic rings. The van der Waals surface area contributed by atoms with E-state index in [4.69, 9.17) is 5.73 Å². The minimum absolute atomic E-state index is 0.260. The summed E-state index contributed by atoms with van der Waals surface area (Å²) in [6.45, 7) is 1.98. The van der Waals surface area contributed by atoms with Gasteiger partial charge in [0.15, 0.2) is 0 Å². The van der Waals surface area contributed by atoms with Gasteiger partial charge in [0.1, 0.15) is 5.82 Å². The highest BCUT2D eigenvalue weighted by Gasteiger charge is 2.31. The van der Waals surface area contributed by atoms with Crippen LogP contribution in [-0.2, 0) is 5.54 Å². The average Bonchev–Trinajstić information content (AvgIpc) is 2.19. The summed E-state index contributed by atoms with van der Waals surface area (Å²) >= 11 is 0. The first-order valence-electron chi connectivity index (χ1n) is 5.30. The van der Waals surface area contributed by atoms with Crippen LogP contribution in [-0.4, -0.2) is 9.97 Å². The van der Waals surface area contributed by atoms with Gasteiger partial charge in [-0.25, -0.2) is 9.97 Å². The van der Waals surface area contributed by atoms with Gasteiger partial charge >= 0.3 is 0 Å². The van der Waals surface area contributed by atoms with Gasteiger partial charge in [0.25, 0.3) is 0 Å². The number of rotatable bonds is 1. The highest BCUT2D eigenvalue weighted by molar-refractivity contribution is 5.09. The van der Waals surface area contributed by atoms with Gasteiger partial charge in [-0.15, -0.1) is 0 Å². The van der Waals surface area contributed by atoms with Crippen molar-refractivity contribution in [2.75, 3.05) is 0 Å². The van der Waals surface area contributed by atoms with Crippen LogP contribution in [0.4, 0.5) is 0 Å². The standard InChI is InChI=1S/C11H17N3/c1-9-5-8-13-10(14-9)11(12)6-3-2-4-7-11/h5,8H,2-4,6-7,12H2,1H3. The van der Waals surface area contributed by atoms with Crippen LogP contribution in [0, 0.1) is 6.92 Å². The number of hydrogen-bond donors (Lipinski definition) is 1. The number of aryl methyl sites for hydroxylation is 1. The molecule has 2 rings (SSSR count). The van der Waals surface area contributed by atoms with Crippen molar-refractivity contribution in [3.05, 3.63) is 23.8 Å². The van der Waals surface area contributed by atoms with Gasteiger partial charge in [-0.2, -0.15) is 0 Å². The number of aromatic nitrogens is 2. The van der Waals surface area contributed by atoms with Crippen LogP contribution in [0.2, 0.25) is 0 Å². The molecule has 0 spiro atoms. The zero-order chi connectivity index (χ0) is 10.0. The van der Waals surface area contributed by atoms with Crippen molar-refractivity contribution in [3.8, 4) is 0 Å². The summed E-state index contributed by atoms with van der Waals surface area (Å²) in [7, 11) is 0. The SMILES string of the molecule is Cc1ccnc(C2(N)CCCCC2)n1. The third-order valence-electron chi connectivity index (χ3n) is 2.99. The topological polar surface area (TPSA) is 51.8 Å². The maximum Gasteiger partial charge on any atom is 0.148 e. The molecule has 2 N–H and O–H groups in total. The first-order chi connectivity index (χ1) is 6.71. The predicted molar refractivity (Wildman–Crippen MR) is 55.7 cm³/mol. The van der Waals surface area contributed by atoms with Crippen molar-refractivity contribution < 1.29 is 0 Å². The molecule has 1 saturated carbocycles. The fraction of sp³-hybridized carbons (Fsp3) is 0.636. The van der Waals surface area contributed by atoms with Gasteiger partial charge in [0.2, 0.25) is 0 Å². The lowest BCUT2D eigenvalue weighted by Crippen LogP contribution is -2.40. The summed E-state index contributed by atoms with van der Waals surface area (Å²) in [6.07, 6.45) is 7.56. The number of nitrogens with two attached hydrogens (primary N) is 1. The second-order valence-electron chi connectivity index (χ2n) is 4.24. The Kier molecular flexibility index (Phi) is 2.50. The average molecular weight is 191 g/mol. The Labute approximate surface area is 84.8 Å². The third-order valence-corrected chi connectivity index (χ3v) is 2.99. The summed E-state index contributed by atoms with van der Waals surface area (Å²) in [4.78, 5) is 8.73. The van der Waals surface area contributed by atoms with Crippen molar-refractivity contribution in [1.82, 2.24) is 9.97 Å². The van der Waals surface area contributed by atoms with E-state index in [-0.39, 0.29) is 5.54 Å². The van der Waals surface area contributed by atoms with E-state index in [0.717, 1.165) is 24.4 Å². The smallest absolute Gasteiger partial charge is 0.148 e. The Hall–Kier alpha value is -0.960. The predicted octanol–water partition coefficient (Wildman–Crippen LogP) is 1.90. The molecule has 0 atom stereocenters. The molecular formula is C11H17N3. The van der Waals surface area contributed by atoms with Crippen molar-refractivity contribution in [2.24, 2.45) is 5.73 Å². The van der Waals surface area contributed by atoms with E-state index in [9.17, 15) is 0 Å². The second kappa shape index (κ2) is 3.65. The Bertz CT molecular complexity index is 316. The first kappa shape index (κ1) is 9.59. The zero-order valence-corrected chi connectivity index (χ0v) is 8.66. The van der Waals surface area contributed by atoms with Crippen LogP contribution in [0.15, 0.2) is 12.3 Å². The molecule has 76 valence electrons. The lowest BCUT2D eigenvalue weighted by Gasteiger charge is -2.31. The highest BCUT2D eigenvalue weighted by atomic mass is 15.0.